The van der Waals surface area contributed by atoms with Crippen molar-refractivity contribution in [1.29, 1.82) is 0 Å². The molecule has 0 aromatic heterocycles. The van der Waals surface area contributed by atoms with Gasteiger partial charge in [-0.05, 0) is 31.9 Å². The van der Waals surface area contributed by atoms with E-state index in [0.29, 0.717) is 13.1 Å². The van der Waals surface area contributed by atoms with Crippen LogP contribution in [0.25, 0.3) is 0 Å². The van der Waals surface area contributed by atoms with Crippen molar-refractivity contribution in [2.75, 3.05) is 26.2 Å². The van der Waals surface area contributed by atoms with Gasteiger partial charge < -0.3 is 15.3 Å². The Hall–Kier alpha value is -1.39. The molecule has 1 aliphatic rings. The first kappa shape index (κ1) is 15.0. The lowest BCUT2D eigenvalue weighted by molar-refractivity contribution is -0.143. The van der Waals surface area contributed by atoms with Crippen LogP contribution in [0.15, 0.2) is 30.3 Å². The molecule has 4 nitrogen and oxygen atoms in total. The smallest absolute Gasteiger partial charge is 0.230 e. The van der Waals surface area contributed by atoms with Gasteiger partial charge in [0.1, 0.15) is 0 Å². The van der Waals surface area contributed by atoms with Crippen LogP contribution >= 0.6 is 0 Å². The number of amides is 1. The monoisotopic (exact) mass is 276 g/mol. The van der Waals surface area contributed by atoms with Gasteiger partial charge in [0, 0.05) is 19.6 Å². The first-order valence-electron chi connectivity index (χ1n) is 7.30. The Morgan fingerprint density at radius 1 is 1.40 bits per heavy atom. The molecule has 0 aliphatic carbocycles. The molecule has 1 amide bonds. The molecule has 4 heteroatoms. The number of hydrogen-bond acceptors (Lipinski definition) is 3. The lowest BCUT2D eigenvalue weighted by atomic mass is 9.81. The molecule has 1 aromatic carbocycles. The third-order valence-corrected chi connectivity index (χ3v) is 3.99. The maximum absolute atomic E-state index is 12.8. The number of piperidine rings is 1. The average Bonchev–Trinajstić information content (AvgIpc) is 2.48. The quantitative estimate of drug-likeness (QED) is 0.854. The Morgan fingerprint density at radius 3 is 2.75 bits per heavy atom. The molecule has 1 atom stereocenters. The minimum atomic E-state index is -0.345. The summed E-state index contributed by atoms with van der Waals surface area (Å²) in [5.41, 5.74) is 0.754. The Balaban J connectivity index is 2.09. The minimum Gasteiger partial charge on any atom is -0.395 e. The summed E-state index contributed by atoms with van der Waals surface area (Å²) in [5.74, 6) is 0.141. The van der Waals surface area contributed by atoms with Crippen molar-refractivity contribution in [3.63, 3.8) is 0 Å². The van der Waals surface area contributed by atoms with E-state index in [4.69, 9.17) is 0 Å². The first-order valence-corrected chi connectivity index (χ1v) is 7.30. The Kier molecular flexibility index (Phi) is 5.15. The van der Waals surface area contributed by atoms with Gasteiger partial charge in [-0.15, -0.1) is 0 Å². The van der Waals surface area contributed by atoms with Crippen molar-refractivity contribution in [2.24, 2.45) is 5.41 Å². The van der Waals surface area contributed by atoms with Crippen molar-refractivity contribution in [2.45, 2.75) is 26.3 Å². The fourth-order valence-corrected chi connectivity index (χ4v) is 2.80. The highest BCUT2D eigenvalue weighted by Crippen LogP contribution is 2.28. The van der Waals surface area contributed by atoms with Crippen LogP contribution in [-0.4, -0.2) is 42.2 Å². The molecule has 20 heavy (non-hydrogen) atoms. The van der Waals surface area contributed by atoms with Gasteiger partial charge in [0.25, 0.3) is 0 Å². The standard InChI is InChI=1S/C16H24N2O2/c1-16(8-5-9-17-13-16)15(20)18(10-11-19)12-14-6-3-2-4-7-14/h2-4,6-7,17,19H,5,8-13H2,1H3. The zero-order valence-electron chi connectivity index (χ0n) is 12.1. The molecule has 1 aliphatic heterocycles. The minimum absolute atomic E-state index is 0.00207. The van der Waals surface area contributed by atoms with E-state index in [0.717, 1.165) is 31.5 Å². The van der Waals surface area contributed by atoms with Crippen LogP contribution in [0.3, 0.4) is 0 Å². The lowest BCUT2D eigenvalue weighted by Gasteiger charge is -2.37. The van der Waals surface area contributed by atoms with Gasteiger partial charge >= 0.3 is 0 Å². The normalized spacial score (nSPS) is 22.5. The Morgan fingerprint density at radius 2 is 2.15 bits per heavy atom. The summed E-state index contributed by atoms with van der Waals surface area (Å²) in [5, 5.41) is 12.5. The van der Waals surface area contributed by atoms with Crippen LogP contribution < -0.4 is 5.32 Å². The second-order valence-corrected chi connectivity index (χ2v) is 5.78. The number of nitrogens with one attached hydrogen (secondary N) is 1. The summed E-state index contributed by atoms with van der Waals surface area (Å²) >= 11 is 0. The van der Waals surface area contributed by atoms with Gasteiger partial charge in [-0.1, -0.05) is 30.3 Å². The second-order valence-electron chi connectivity index (χ2n) is 5.78. The predicted molar refractivity (Wildman–Crippen MR) is 79.2 cm³/mol. The summed E-state index contributed by atoms with van der Waals surface area (Å²) in [6, 6.07) is 9.94. The third kappa shape index (κ3) is 3.58. The fourth-order valence-electron chi connectivity index (χ4n) is 2.80. The predicted octanol–water partition coefficient (Wildman–Crippen LogP) is 1.40. The number of nitrogens with zero attached hydrogens (tertiary/aromatic N) is 1. The number of carbonyl (C=O) groups is 1. The van der Waals surface area contributed by atoms with Crippen molar-refractivity contribution >= 4 is 5.91 Å². The van der Waals surface area contributed by atoms with Crippen LogP contribution in [0.4, 0.5) is 0 Å². The van der Waals surface area contributed by atoms with Gasteiger partial charge in [-0.25, -0.2) is 0 Å². The lowest BCUT2D eigenvalue weighted by Crippen LogP contribution is -2.50. The fraction of sp³-hybridized carbons (Fsp3) is 0.562. The van der Waals surface area contributed by atoms with E-state index in [1.54, 1.807) is 4.90 Å². The average molecular weight is 276 g/mol. The molecule has 110 valence electrons. The first-order chi connectivity index (χ1) is 9.65. The number of rotatable bonds is 5. The van der Waals surface area contributed by atoms with Crippen LogP contribution in [0.1, 0.15) is 25.3 Å². The molecule has 1 saturated heterocycles. The molecule has 1 unspecified atom stereocenters. The SMILES string of the molecule is CC1(C(=O)N(CCO)Cc2ccccc2)CCCNC1. The van der Waals surface area contributed by atoms with Crippen LogP contribution in [-0.2, 0) is 11.3 Å². The maximum atomic E-state index is 12.8. The molecule has 0 radical (unpaired) electrons. The summed E-state index contributed by atoms with van der Waals surface area (Å²) < 4.78 is 0. The van der Waals surface area contributed by atoms with E-state index in [1.165, 1.54) is 0 Å². The maximum Gasteiger partial charge on any atom is 0.230 e. The molecule has 2 N–H and O–H groups in total. The van der Waals surface area contributed by atoms with Crippen molar-refractivity contribution in [1.82, 2.24) is 10.2 Å². The van der Waals surface area contributed by atoms with Crippen molar-refractivity contribution in [3.05, 3.63) is 35.9 Å². The molecule has 1 aromatic rings. The summed E-state index contributed by atoms with van der Waals surface area (Å²) in [4.78, 5) is 14.6. The zero-order valence-corrected chi connectivity index (χ0v) is 12.1. The number of aliphatic hydroxyl groups excluding tert-OH is 1. The van der Waals surface area contributed by atoms with Gasteiger partial charge in [0.15, 0.2) is 0 Å². The molecule has 0 spiro atoms. The van der Waals surface area contributed by atoms with E-state index < -0.39 is 0 Å². The molecular weight excluding hydrogens is 252 g/mol. The van der Waals surface area contributed by atoms with Crippen molar-refractivity contribution < 1.29 is 9.90 Å². The van der Waals surface area contributed by atoms with E-state index >= 15 is 0 Å². The van der Waals surface area contributed by atoms with E-state index in [1.807, 2.05) is 37.3 Å². The van der Waals surface area contributed by atoms with Gasteiger partial charge in [0.05, 0.1) is 12.0 Å². The summed E-state index contributed by atoms with van der Waals surface area (Å²) in [6.45, 7) is 4.70. The van der Waals surface area contributed by atoms with Crippen LogP contribution in [0, 0.1) is 5.41 Å². The Bertz CT molecular complexity index is 427. The van der Waals surface area contributed by atoms with E-state index in [-0.39, 0.29) is 17.9 Å². The highest BCUT2D eigenvalue weighted by atomic mass is 16.3. The van der Waals surface area contributed by atoms with Crippen LogP contribution in [0.2, 0.25) is 0 Å². The van der Waals surface area contributed by atoms with Gasteiger partial charge in [-0.3, -0.25) is 4.79 Å². The number of hydrogen-bond donors (Lipinski definition) is 2. The zero-order chi connectivity index (χ0) is 14.4. The topological polar surface area (TPSA) is 52.6 Å². The van der Waals surface area contributed by atoms with Crippen molar-refractivity contribution in [3.8, 4) is 0 Å². The molecule has 1 fully saturated rings. The van der Waals surface area contributed by atoms with Gasteiger partial charge in [-0.2, -0.15) is 0 Å². The van der Waals surface area contributed by atoms with E-state index in [2.05, 4.69) is 5.32 Å². The molecule has 1 heterocycles. The molecular formula is C16H24N2O2. The van der Waals surface area contributed by atoms with Crippen LogP contribution in [0.5, 0.6) is 0 Å². The highest BCUT2D eigenvalue weighted by molar-refractivity contribution is 5.82. The molecule has 2 rings (SSSR count). The molecule has 0 bridgehead atoms. The number of benzene rings is 1. The summed E-state index contributed by atoms with van der Waals surface area (Å²) in [7, 11) is 0. The summed E-state index contributed by atoms with van der Waals surface area (Å²) in [6.07, 6.45) is 1.94. The van der Waals surface area contributed by atoms with Gasteiger partial charge in [0.2, 0.25) is 5.91 Å². The third-order valence-electron chi connectivity index (χ3n) is 3.99. The number of carbonyl (C=O) groups excluding carboxylic acids is 1. The Labute approximate surface area is 120 Å². The number of aliphatic hydroxyl groups is 1. The second kappa shape index (κ2) is 6.86. The highest BCUT2D eigenvalue weighted by Gasteiger charge is 2.37. The van der Waals surface area contributed by atoms with E-state index in [9.17, 15) is 9.90 Å². The molecule has 0 saturated carbocycles. The largest absolute Gasteiger partial charge is 0.395 e.